The third-order valence-corrected chi connectivity index (χ3v) is 3.07. The van der Waals surface area contributed by atoms with Crippen LogP contribution in [0.1, 0.15) is 36.8 Å². The largest absolute Gasteiger partial charge is 0.391 e. The Morgan fingerprint density at radius 2 is 2.24 bits per heavy atom. The van der Waals surface area contributed by atoms with Gasteiger partial charge in [0.15, 0.2) is 0 Å². The standard InChI is InChI=1S/C15H18NO/c1-2-13-8-5-9-15(10-13)12-17-16-11-14-6-3-4-7-14/h2,5,8-10,14H,1,3-4,6-7,12H2. The van der Waals surface area contributed by atoms with Gasteiger partial charge in [0, 0.05) is 5.92 Å². The smallest absolute Gasteiger partial charge is 0.142 e. The minimum atomic E-state index is 0.501. The van der Waals surface area contributed by atoms with E-state index in [1.54, 1.807) is 0 Å². The van der Waals surface area contributed by atoms with E-state index < -0.39 is 0 Å². The molecule has 1 aromatic carbocycles. The van der Waals surface area contributed by atoms with Crippen LogP contribution >= 0.6 is 0 Å². The van der Waals surface area contributed by atoms with Gasteiger partial charge in [-0.2, -0.15) is 0 Å². The van der Waals surface area contributed by atoms with Crippen LogP contribution in [0.4, 0.5) is 0 Å². The molecule has 1 aromatic rings. The van der Waals surface area contributed by atoms with Gasteiger partial charge >= 0.3 is 0 Å². The van der Waals surface area contributed by atoms with Crippen molar-refractivity contribution in [2.45, 2.75) is 32.3 Å². The van der Waals surface area contributed by atoms with E-state index in [1.807, 2.05) is 24.3 Å². The minimum Gasteiger partial charge on any atom is -0.391 e. The first-order valence-electron chi connectivity index (χ1n) is 6.17. The first-order valence-corrected chi connectivity index (χ1v) is 6.17. The Bertz CT molecular complexity index is 392. The van der Waals surface area contributed by atoms with Crippen molar-refractivity contribution in [2.75, 3.05) is 0 Å². The van der Waals surface area contributed by atoms with Crippen LogP contribution in [0, 0.1) is 5.92 Å². The fourth-order valence-corrected chi connectivity index (χ4v) is 2.08. The molecule has 0 aromatic heterocycles. The Morgan fingerprint density at radius 1 is 1.41 bits per heavy atom. The highest BCUT2D eigenvalue weighted by Crippen LogP contribution is 2.22. The molecule has 1 radical (unpaired) electrons. The molecule has 1 aliphatic carbocycles. The predicted octanol–water partition coefficient (Wildman–Crippen LogP) is 3.90. The van der Waals surface area contributed by atoms with E-state index in [0.717, 1.165) is 11.1 Å². The Labute approximate surface area is 103 Å². The highest BCUT2D eigenvalue weighted by Gasteiger charge is 2.12. The second kappa shape index (κ2) is 6.24. The summed E-state index contributed by atoms with van der Waals surface area (Å²) in [6.45, 7) is 4.25. The number of benzene rings is 1. The summed E-state index contributed by atoms with van der Waals surface area (Å²) >= 11 is 0. The molecule has 89 valence electrons. The van der Waals surface area contributed by atoms with Crippen molar-refractivity contribution in [1.82, 2.24) is 0 Å². The van der Waals surface area contributed by atoms with E-state index in [0.29, 0.717) is 12.5 Å². The van der Waals surface area contributed by atoms with Crippen molar-refractivity contribution in [3.05, 3.63) is 42.0 Å². The lowest BCUT2D eigenvalue weighted by atomic mass is 10.1. The van der Waals surface area contributed by atoms with Crippen molar-refractivity contribution in [3.8, 4) is 0 Å². The van der Waals surface area contributed by atoms with Crippen molar-refractivity contribution in [3.63, 3.8) is 0 Å². The normalized spacial score (nSPS) is 16.5. The molecule has 2 nitrogen and oxygen atoms in total. The van der Waals surface area contributed by atoms with Gasteiger partial charge in [0.2, 0.25) is 0 Å². The van der Waals surface area contributed by atoms with E-state index in [4.69, 9.17) is 4.84 Å². The van der Waals surface area contributed by atoms with Crippen LogP contribution in [-0.2, 0) is 11.4 Å². The van der Waals surface area contributed by atoms with Crippen LogP contribution in [0.25, 0.3) is 6.08 Å². The van der Waals surface area contributed by atoms with E-state index >= 15 is 0 Å². The molecule has 17 heavy (non-hydrogen) atoms. The van der Waals surface area contributed by atoms with Crippen LogP contribution < -0.4 is 0 Å². The SMILES string of the molecule is C=Cc1cccc(CO/N=[C]\C2CCCC2)c1. The summed E-state index contributed by atoms with van der Waals surface area (Å²) in [5.41, 5.74) is 2.22. The molecule has 0 N–H and O–H groups in total. The summed E-state index contributed by atoms with van der Waals surface area (Å²) in [6.07, 6.45) is 9.91. The minimum absolute atomic E-state index is 0.501. The van der Waals surface area contributed by atoms with Crippen LogP contribution in [0.5, 0.6) is 0 Å². The topological polar surface area (TPSA) is 21.6 Å². The highest BCUT2D eigenvalue weighted by molar-refractivity contribution is 5.60. The number of hydrogen-bond acceptors (Lipinski definition) is 2. The van der Waals surface area contributed by atoms with E-state index in [9.17, 15) is 0 Å². The Morgan fingerprint density at radius 3 is 3.00 bits per heavy atom. The lowest BCUT2D eigenvalue weighted by Gasteiger charge is -2.02. The molecule has 0 unspecified atom stereocenters. The van der Waals surface area contributed by atoms with Crippen LogP contribution in [0.3, 0.4) is 0 Å². The molecule has 0 atom stereocenters. The number of rotatable bonds is 5. The zero-order valence-corrected chi connectivity index (χ0v) is 10.1. The molecule has 0 spiro atoms. The fourth-order valence-electron chi connectivity index (χ4n) is 2.08. The first-order chi connectivity index (χ1) is 8.38. The molecule has 2 rings (SSSR count). The van der Waals surface area contributed by atoms with Gasteiger partial charge < -0.3 is 4.84 Å². The summed E-state index contributed by atoms with van der Waals surface area (Å²) in [5.74, 6) is 0.509. The first kappa shape index (κ1) is 11.9. The Kier molecular flexibility index (Phi) is 4.37. The van der Waals surface area contributed by atoms with Crippen molar-refractivity contribution in [1.29, 1.82) is 0 Å². The second-order valence-electron chi connectivity index (χ2n) is 4.42. The maximum absolute atomic E-state index is 5.26. The maximum Gasteiger partial charge on any atom is 0.142 e. The summed E-state index contributed by atoms with van der Waals surface area (Å²) in [4.78, 5) is 5.26. The monoisotopic (exact) mass is 228 g/mol. The van der Waals surface area contributed by atoms with Crippen LogP contribution in [0.2, 0.25) is 0 Å². The van der Waals surface area contributed by atoms with Crippen LogP contribution in [0.15, 0.2) is 36.0 Å². The summed E-state index contributed by atoms with van der Waals surface area (Å²) in [6, 6.07) is 8.10. The third kappa shape index (κ3) is 3.74. The number of nitrogens with zero attached hydrogens (tertiary/aromatic N) is 1. The molecule has 1 saturated carbocycles. The van der Waals surface area contributed by atoms with Crippen LogP contribution in [-0.4, -0.2) is 6.21 Å². The average Bonchev–Trinajstić information content (AvgIpc) is 2.88. The van der Waals surface area contributed by atoms with Gasteiger partial charge in [-0.1, -0.05) is 48.9 Å². The van der Waals surface area contributed by atoms with Gasteiger partial charge in [-0.15, -0.1) is 0 Å². The molecule has 0 heterocycles. The molecular weight excluding hydrogens is 210 g/mol. The van der Waals surface area contributed by atoms with E-state index in [-0.39, 0.29) is 0 Å². The van der Waals surface area contributed by atoms with Crippen molar-refractivity contribution >= 4 is 12.3 Å². The van der Waals surface area contributed by atoms with Gasteiger partial charge in [-0.05, 0) is 30.0 Å². The highest BCUT2D eigenvalue weighted by atomic mass is 16.6. The number of hydrogen-bond donors (Lipinski definition) is 0. The Hall–Kier alpha value is -1.57. The lowest BCUT2D eigenvalue weighted by Crippen LogP contribution is -1.95. The Balaban J connectivity index is 1.78. The van der Waals surface area contributed by atoms with Gasteiger partial charge in [-0.25, -0.2) is 0 Å². The van der Waals surface area contributed by atoms with Crippen molar-refractivity contribution in [2.24, 2.45) is 11.1 Å². The van der Waals surface area contributed by atoms with E-state index in [2.05, 4.69) is 24.0 Å². The molecule has 2 heteroatoms. The molecule has 0 aliphatic heterocycles. The van der Waals surface area contributed by atoms with Gasteiger partial charge in [0.05, 0.1) is 0 Å². The van der Waals surface area contributed by atoms with E-state index in [1.165, 1.54) is 25.7 Å². The average molecular weight is 228 g/mol. The predicted molar refractivity (Wildman–Crippen MR) is 70.7 cm³/mol. The molecule has 1 fully saturated rings. The molecular formula is C15H18NO. The molecule has 0 saturated heterocycles. The fraction of sp³-hybridized carbons (Fsp3) is 0.400. The van der Waals surface area contributed by atoms with Gasteiger partial charge in [0.1, 0.15) is 12.8 Å². The summed E-state index contributed by atoms with van der Waals surface area (Å²) < 4.78 is 0. The molecule has 0 bridgehead atoms. The maximum atomic E-state index is 5.26. The molecule has 0 amide bonds. The summed E-state index contributed by atoms with van der Waals surface area (Å²) in [5, 5.41) is 3.93. The van der Waals surface area contributed by atoms with Gasteiger partial charge in [-0.3, -0.25) is 0 Å². The van der Waals surface area contributed by atoms with Crippen molar-refractivity contribution < 1.29 is 4.84 Å². The zero-order valence-electron chi connectivity index (χ0n) is 10.1. The quantitative estimate of drug-likeness (QED) is 0.553. The van der Waals surface area contributed by atoms with Gasteiger partial charge in [0.25, 0.3) is 0 Å². The third-order valence-electron chi connectivity index (χ3n) is 3.07. The zero-order chi connectivity index (χ0) is 11.9. The second-order valence-corrected chi connectivity index (χ2v) is 4.42. The summed E-state index contributed by atoms with van der Waals surface area (Å²) in [7, 11) is 0. The molecule has 1 aliphatic rings. The lowest BCUT2D eigenvalue weighted by molar-refractivity contribution is 0.130.